The minimum absolute atomic E-state index is 0.200. The maximum atomic E-state index is 13.8. The predicted molar refractivity (Wildman–Crippen MR) is 107 cm³/mol. The average Bonchev–Trinajstić information content (AvgIpc) is 3.25. The summed E-state index contributed by atoms with van der Waals surface area (Å²) in [6.45, 7) is 2.37. The quantitative estimate of drug-likeness (QED) is 0.706. The molecule has 1 aromatic heterocycles. The van der Waals surface area contributed by atoms with E-state index in [1.165, 1.54) is 23.2 Å². The summed E-state index contributed by atoms with van der Waals surface area (Å²) in [6, 6.07) is 6.60. The van der Waals surface area contributed by atoms with Crippen molar-refractivity contribution in [3.05, 3.63) is 57.8 Å². The Bertz CT molecular complexity index is 912. The van der Waals surface area contributed by atoms with Gasteiger partial charge in [-0.2, -0.15) is 0 Å². The predicted octanol–water partition coefficient (Wildman–Crippen LogP) is 3.13. The first kappa shape index (κ1) is 21.9. The van der Waals surface area contributed by atoms with Crippen molar-refractivity contribution in [3.8, 4) is 0 Å². The molecule has 1 aromatic carbocycles. The SMILES string of the molecule is C[C@H](OC(=O)C1CCN(C(=O)c2ccc(F)cc2F)CC1)C(=O)NCc1cccs1. The number of rotatable bonds is 6. The monoisotopic (exact) mass is 436 g/mol. The van der Waals surface area contributed by atoms with E-state index in [2.05, 4.69) is 5.32 Å². The number of nitrogens with one attached hydrogen (secondary N) is 1. The molecule has 0 spiro atoms. The number of carbonyl (C=O) groups is 3. The molecule has 1 atom stereocenters. The number of esters is 1. The number of benzene rings is 1. The lowest BCUT2D eigenvalue weighted by atomic mass is 9.96. The van der Waals surface area contributed by atoms with Crippen LogP contribution >= 0.6 is 11.3 Å². The number of hydrogen-bond acceptors (Lipinski definition) is 5. The number of nitrogens with zero attached hydrogens (tertiary/aromatic N) is 1. The summed E-state index contributed by atoms with van der Waals surface area (Å²) in [7, 11) is 0. The van der Waals surface area contributed by atoms with Gasteiger partial charge in [0.1, 0.15) is 11.6 Å². The van der Waals surface area contributed by atoms with Crippen LogP contribution in [0.4, 0.5) is 8.78 Å². The van der Waals surface area contributed by atoms with Crippen LogP contribution in [-0.4, -0.2) is 41.9 Å². The normalized spacial score (nSPS) is 15.5. The van der Waals surface area contributed by atoms with Crippen LogP contribution in [0.3, 0.4) is 0 Å². The molecular weight excluding hydrogens is 414 g/mol. The van der Waals surface area contributed by atoms with E-state index in [0.29, 0.717) is 25.5 Å². The fourth-order valence-electron chi connectivity index (χ4n) is 3.21. The number of ether oxygens (including phenoxy) is 1. The van der Waals surface area contributed by atoms with Crippen LogP contribution in [0.15, 0.2) is 35.7 Å². The van der Waals surface area contributed by atoms with Crippen molar-refractivity contribution in [1.82, 2.24) is 10.2 Å². The van der Waals surface area contributed by atoms with Crippen molar-refractivity contribution in [1.29, 1.82) is 0 Å². The Morgan fingerprint density at radius 3 is 2.60 bits per heavy atom. The first-order valence-electron chi connectivity index (χ1n) is 9.60. The Morgan fingerprint density at radius 1 is 1.23 bits per heavy atom. The van der Waals surface area contributed by atoms with Crippen LogP contribution in [0, 0.1) is 17.6 Å². The lowest BCUT2D eigenvalue weighted by molar-refractivity contribution is -0.160. The number of thiophene rings is 1. The van der Waals surface area contributed by atoms with Gasteiger partial charge in [-0.05, 0) is 43.3 Å². The summed E-state index contributed by atoms with van der Waals surface area (Å²) in [6.07, 6.45) is -0.237. The summed E-state index contributed by atoms with van der Waals surface area (Å²) >= 11 is 1.52. The average molecular weight is 436 g/mol. The summed E-state index contributed by atoms with van der Waals surface area (Å²) < 4.78 is 32.1. The highest BCUT2D eigenvalue weighted by molar-refractivity contribution is 7.09. The molecular formula is C21H22F2N2O4S. The zero-order valence-electron chi connectivity index (χ0n) is 16.4. The van der Waals surface area contributed by atoms with E-state index in [1.807, 2.05) is 17.5 Å². The van der Waals surface area contributed by atoms with Gasteiger partial charge in [0, 0.05) is 24.0 Å². The van der Waals surface area contributed by atoms with Gasteiger partial charge in [-0.25, -0.2) is 8.78 Å². The van der Waals surface area contributed by atoms with Crippen molar-refractivity contribution < 1.29 is 27.9 Å². The third kappa shape index (κ3) is 5.41. The Kier molecular flexibility index (Phi) is 7.15. The minimum Gasteiger partial charge on any atom is -0.452 e. The fourth-order valence-corrected chi connectivity index (χ4v) is 3.85. The maximum absolute atomic E-state index is 13.8. The van der Waals surface area contributed by atoms with Gasteiger partial charge in [-0.15, -0.1) is 11.3 Å². The molecule has 2 amide bonds. The zero-order valence-corrected chi connectivity index (χ0v) is 17.2. The molecule has 2 heterocycles. The third-order valence-electron chi connectivity index (χ3n) is 4.96. The van der Waals surface area contributed by atoms with Gasteiger partial charge < -0.3 is 15.0 Å². The minimum atomic E-state index is -0.926. The third-order valence-corrected chi connectivity index (χ3v) is 5.83. The molecule has 3 rings (SSSR count). The Hall–Kier alpha value is -2.81. The lowest BCUT2D eigenvalue weighted by Gasteiger charge is -2.31. The van der Waals surface area contributed by atoms with Gasteiger partial charge in [0.2, 0.25) is 0 Å². The van der Waals surface area contributed by atoms with Crippen LogP contribution < -0.4 is 5.32 Å². The Balaban J connectivity index is 1.46. The number of hydrogen-bond donors (Lipinski definition) is 1. The summed E-state index contributed by atoms with van der Waals surface area (Å²) in [5.41, 5.74) is -0.200. The highest BCUT2D eigenvalue weighted by atomic mass is 32.1. The molecule has 30 heavy (non-hydrogen) atoms. The second-order valence-corrected chi connectivity index (χ2v) is 8.10. The van der Waals surface area contributed by atoms with E-state index < -0.39 is 35.5 Å². The van der Waals surface area contributed by atoms with E-state index >= 15 is 0 Å². The molecule has 0 unspecified atom stereocenters. The molecule has 1 aliphatic heterocycles. The van der Waals surface area contributed by atoms with Gasteiger partial charge in [0.25, 0.3) is 11.8 Å². The van der Waals surface area contributed by atoms with Crippen molar-refractivity contribution >= 4 is 29.1 Å². The van der Waals surface area contributed by atoms with Gasteiger partial charge in [-0.3, -0.25) is 14.4 Å². The second-order valence-electron chi connectivity index (χ2n) is 7.07. The molecule has 0 radical (unpaired) electrons. The summed E-state index contributed by atoms with van der Waals surface area (Å²) in [5, 5.41) is 4.63. The second kappa shape index (κ2) is 9.80. The fraction of sp³-hybridized carbons (Fsp3) is 0.381. The molecule has 1 N–H and O–H groups in total. The van der Waals surface area contributed by atoms with E-state index in [0.717, 1.165) is 17.0 Å². The first-order valence-corrected chi connectivity index (χ1v) is 10.5. The van der Waals surface area contributed by atoms with Crippen LogP contribution in [0.2, 0.25) is 0 Å². The van der Waals surface area contributed by atoms with Crippen molar-refractivity contribution in [2.75, 3.05) is 13.1 Å². The molecule has 9 heteroatoms. The number of halogens is 2. The van der Waals surface area contributed by atoms with Crippen LogP contribution in [0.25, 0.3) is 0 Å². The van der Waals surface area contributed by atoms with E-state index in [-0.39, 0.29) is 24.6 Å². The molecule has 1 aliphatic rings. The maximum Gasteiger partial charge on any atom is 0.309 e. The Labute approximate surface area is 176 Å². The van der Waals surface area contributed by atoms with E-state index in [4.69, 9.17) is 4.74 Å². The van der Waals surface area contributed by atoms with Crippen molar-refractivity contribution in [2.24, 2.45) is 5.92 Å². The van der Waals surface area contributed by atoms with Gasteiger partial charge in [0.15, 0.2) is 6.10 Å². The van der Waals surface area contributed by atoms with Crippen LogP contribution in [0.1, 0.15) is 35.0 Å². The molecule has 1 fully saturated rings. The summed E-state index contributed by atoms with van der Waals surface area (Å²) in [5.74, 6) is -3.52. The first-order chi connectivity index (χ1) is 14.3. The summed E-state index contributed by atoms with van der Waals surface area (Å²) in [4.78, 5) is 39.4. The highest BCUT2D eigenvalue weighted by Crippen LogP contribution is 2.22. The number of likely N-dealkylation sites (tertiary alicyclic amines) is 1. The topological polar surface area (TPSA) is 75.7 Å². The lowest BCUT2D eigenvalue weighted by Crippen LogP contribution is -2.42. The largest absolute Gasteiger partial charge is 0.452 e. The number of piperidine rings is 1. The molecule has 160 valence electrons. The molecule has 2 aromatic rings. The zero-order chi connectivity index (χ0) is 21.7. The molecule has 0 bridgehead atoms. The Morgan fingerprint density at radius 2 is 1.97 bits per heavy atom. The smallest absolute Gasteiger partial charge is 0.309 e. The molecule has 0 aliphatic carbocycles. The number of carbonyl (C=O) groups excluding carboxylic acids is 3. The van der Waals surface area contributed by atoms with Gasteiger partial charge in [0.05, 0.1) is 18.0 Å². The standard InChI is InChI=1S/C21H22F2N2O4S/c1-13(19(26)24-12-16-3-2-10-30-16)29-21(28)14-6-8-25(9-7-14)20(27)17-5-4-15(22)11-18(17)23/h2-5,10-11,13-14H,6-9,12H2,1H3,(H,24,26)/t13-/m0/s1. The van der Waals surface area contributed by atoms with Crippen LogP contribution in [0.5, 0.6) is 0 Å². The van der Waals surface area contributed by atoms with E-state index in [9.17, 15) is 23.2 Å². The van der Waals surface area contributed by atoms with Gasteiger partial charge >= 0.3 is 5.97 Å². The van der Waals surface area contributed by atoms with Crippen molar-refractivity contribution in [2.45, 2.75) is 32.4 Å². The highest BCUT2D eigenvalue weighted by Gasteiger charge is 2.31. The molecule has 0 saturated carbocycles. The van der Waals surface area contributed by atoms with Crippen LogP contribution in [-0.2, 0) is 20.9 Å². The number of amides is 2. The van der Waals surface area contributed by atoms with Crippen molar-refractivity contribution in [3.63, 3.8) is 0 Å². The molecule has 6 nitrogen and oxygen atoms in total. The van der Waals surface area contributed by atoms with E-state index in [1.54, 1.807) is 0 Å². The molecule has 1 saturated heterocycles. The van der Waals surface area contributed by atoms with Gasteiger partial charge in [-0.1, -0.05) is 6.07 Å².